The molecule has 0 spiro atoms. The molecule has 106 valence electrons. The van der Waals surface area contributed by atoms with Gasteiger partial charge in [0, 0.05) is 24.2 Å². The standard InChI is InChI=1S/C13H15N3O3S/c1-14-12(17)9-7-20-13(16-9)15-8-4-5-10(18-2)11(6-8)19-3/h4-7H,1-3H3,(H,14,17)(H,15,16). The first-order valence-corrected chi connectivity index (χ1v) is 6.72. The van der Waals surface area contributed by atoms with Crippen LogP contribution in [0.5, 0.6) is 11.5 Å². The Hall–Kier alpha value is -2.28. The molecule has 0 saturated heterocycles. The van der Waals surface area contributed by atoms with Crippen LogP contribution in [0.4, 0.5) is 10.8 Å². The van der Waals surface area contributed by atoms with Crippen molar-refractivity contribution < 1.29 is 14.3 Å². The molecule has 0 aliphatic rings. The lowest BCUT2D eigenvalue weighted by molar-refractivity contribution is 0.0959. The number of rotatable bonds is 5. The van der Waals surface area contributed by atoms with Crippen LogP contribution in [0, 0.1) is 0 Å². The molecule has 6 nitrogen and oxygen atoms in total. The Morgan fingerprint density at radius 3 is 2.65 bits per heavy atom. The Morgan fingerprint density at radius 1 is 1.25 bits per heavy atom. The number of carbonyl (C=O) groups excluding carboxylic acids is 1. The molecule has 1 amide bonds. The van der Waals surface area contributed by atoms with Gasteiger partial charge in [-0.05, 0) is 12.1 Å². The van der Waals surface area contributed by atoms with Crippen LogP contribution < -0.4 is 20.1 Å². The number of methoxy groups -OCH3 is 2. The van der Waals surface area contributed by atoms with Gasteiger partial charge >= 0.3 is 0 Å². The van der Waals surface area contributed by atoms with Crippen molar-refractivity contribution >= 4 is 28.1 Å². The van der Waals surface area contributed by atoms with E-state index >= 15 is 0 Å². The third-order valence-corrected chi connectivity index (χ3v) is 3.36. The monoisotopic (exact) mass is 293 g/mol. The lowest BCUT2D eigenvalue weighted by Gasteiger charge is -2.09. The Labute approximate surface area is 120 Å². The van der Waals surface area contributed by atoms with Crippen molar-refractivity contribution in [3.63, 3.8) is 0 Å². The Bertz CT molecular complexity index is 613. The molecule has 0 aliphatic carbocycles. The molecule has 0 unspecified atom stereocenters. The van der Waals surface area contributed by atoms with Gasteiger partial charge in [0.25, 0.3) is 5.91 Å². The quantitative estimate of drug-likeness (QED) is 0.884. The molecule has 0 atom stereocenters. The number of thiazole rings is 1. The zero-order valence-corrected chi connectivity index (χ0v) is 12.2. The van der Waals surface area contributed by atoms with Crippen molar-refractivity contribution in [2.75, 3.05) is 26.6 Å². The summed E-state index contributed by atoms with van der Waals surface area (Å²) in [6.45, 7) is 0. The highest BCUT2D eigenvalue weighted by molar-refractivity contribution is 7.14. The van der Waals surface area contributed by atoms with Gasteiger partial charge in [-0.1, -0.05) is 0 Å². The molecule has 2 aromatic rings. The van der Waals surface area contributed by atoms with Crippen LogP contribution in [-0.4, -0.2) is 32.2 Å². The van der Waals surface area contributed by atoms with E-state index in [1.807, 2.05) is 6.07 Å². The van der Waals surface area contributed by atoms with E-state index in [-0.39, 0.29) is 5.91 Å². The molecule has 0 bridgehead atoms. The van der Waals surface area contributed by atoms with Crippen molar-refractivity contribution in [3.05, 3.63) is 29.3 Å². The van der Waals surface area contributed by atoms with E-state index < -0.39 is 0 Å². The van der Waals surface area contributed by atoms with Crippen molar-refractivity contribution in [2.24, 2.45) is 0 Å². The van der Waals surface area contributed by atoms with E-state index in [0.717, 1.165) is 5.69 Å². The number of carbonyl (C=O) groups is 1. The van der Waals surface area contributed by atoms with E-state index in [0.29, 0.717) is 22.3 Å². The molecule has 7 heteroatoms. The van der Waals surface area contributed by atoms with E-state index in [1.54, 1.807) is 38.8 Å². The highest BCUT2D eigenvalue weighted by Crippen LogP contribution is 2.31. The van der Waals surface area contributed by atoms with Gasteiger partial charge in [-0.3, -0.25) is 4.79 Å². The minimum atomic E-state index is -0.207. The summed E-state index contributed by atoms with van der Waals surface area (Å²) >= 11 is 1.36. The predicted molar refractivity (Wildman–Crippen MR) is 78.3 cm³/mol. The van der Waals surface area contributed by atoms with E-state index in [9.17, 15) is 4.79 Å². The van der Waals surface area contributed by atoms with Crippen LogP contribution in [0.3, 0.4) is 0 Å². The van der Waals surface area contributed by atoms with Crippen molar-refractivity contribution in [1.82, 2.24) is 10.3 Å². The maximum absolute atomic E-state index is 11.4. The summed E-state index contributed by atoms with van der Waals surface area (Å²) in [7, 11) is 4.74. The number of nitrogens with zero attached hydrogens (tertiary/aromatic N) is 1. The van der Waals surface area contributed by atoms with E-state index in [1.165, 1.54) is 11.3 Å². The van der Waals surface area contributed by atoms with Gasteiger partial charge < -0.3 is 20.1 Å². The van der Waals surface area contributed by atoms with Crippen LogP contribution >= 0.6 is 11.3 Å². The first-order valence-electron chi connectivity index (χ1n) is 5.84. The summed E-state index contributed by atoms with van der Waals surface area (Å²) in [5.41, 5.74) is 1.20. The molecular weight excluding hydrogens is 278 g/mol. The second-order valence-corrected chi connectivity index (χ2v) is 4.67. The largest absolute Gasteiger partial charge is 0.493 e. The number of aromatic nitrogens is 1. The number of anilines is 2. The molecule has 1 aromatic heterocycles. The average molecular weight is 293 g/mol. The fraction of sp³-hybridized carbons (Fsp3) is 0.231. The molecule has 0 aliphatic heterocycles. The molecule has 2 N–H and O–H groups in total. The zero-order chi connectivity index (χ0) is 14.5. The molecule has 1 aromatic carbocycles. The van der Waals surface area contributed by atoms with Crippen molar-refractivity contribution in [2.45, 2.75) is 0 Å². The Kier molecular flexibility index (Phi) is 4.41. The first-order chi connectivity index (χ1) is 9.67. The second-order valence-electron chi connectivity index (χ2n) is 3.81. The van der Waals surface area contributed by atoms with Gasteiger partial charge in [-0.2, -0.15) is 0 Å². The molecule has 1 heterocycles. The van der Waals surface area contributed by atoms with Gasteiger partial charge in [-0.25, -0.2) is 4.98 Å². The number of hydrogen-bond donors (Lipinski definition) is 2. The van der Waals surface area contributed by atoms with Crippen LogP contribution in [0.2, 0.25) is 0 Å². The van der Waals surface area contributed by atoms with Gasteiger partial charge in [-0.15, -0.1) is 11.3 Å². The molecular formula is C13H15N3O3S. The minimum absolute atomic E-state index is 0.207. The lowest BCUT2D eigenvalue weighted by Crippen LogP contribution is -2.17. The number of nitrogens with one attached hydrogen (secondary N) is 2. The number of amides is 1. The Balaban J connectivity index is 2.17. The number of ether oxygens (including phenoxy) is 2. The molecule has 0 radical (unpaired) electrons. The van der Waals surface area contributed by atoms with Crippen molar-refractivity contribution in [1.29, 1.82) is 0 Å². The third-order valence-electron chi connectivity index (χ3n) is 2.60. The predicted octanol–water partition coefficient (Wildman–Crippen LogP) is 2.26. The zero-order valence-electron chi connectivity index (χ0n) is 11.4. The fourth-order valence-corrected chi connectivity index (χ4v) is 2.31. The maximum Gasteiger partial charge on any atom is 0.270 e. The maximum atomic E-state index is 11.4. The summed E-state index contributed by atoms with van der Waals surface area (Å²) < 4.78 is 10.4. The second kappa shape index (κ2) is 6.25. The van der Waals surface area contributed by atoms with E-state index in [2.05, 4.69) is 15.6 Å². The normalized spacial score (nSPS) is 9.95. The van der Waals surface area contributed by atoms with Crippen LogP contribution in [0.25, 0.3) is 0 Å². The van der Waals surface area contributed by atoms with Gasteiger partial charge in [0.05, 0.1) is 14.2 Å². The summed E-state index contributed by atoms with van der Waals surface area (Å²) in [5.74, 6) is 1.07. The highest BCUT2D eigenvalue weighted by Gasteiger charge is 2.10. The first kappa shape index (κ1) is 14.1. The molecule has 0 saturated carbocycles. The topological polar surface area (TPSA) is 72.5 Å². The van der Waals surface area contributed by atoms with E-state index in [4.69, 9.17) is 9.47 Å². The summed E-state index contributed by atoms with van der Waals surface area (Å²) in [6, 6.07) is 5.45. The van der Waals surface area contributed by atoms with Gasteiger partial charge in [0.15, 0.2) is 16.6 Å². The molecule has 20 heavy (non-hydrogen) atoms. The lowest BCUT2D eigenvalue weighted by atomic mass is 10.3. The molecule has 0 fully saturated rings. The highest BCUT2D eigenvalue weighted by atomic mass is 32.1. The van der Waals surface area contributed by atoms with Gasteiger partial charge in [0.1, 0.15) is 5.69 Å². The van der Waals surface area contributed by atoms with Crippen molar-refractivity contribution in [3.8, 4) is 11.5 Å². The smallest absolute Gasteiger partial charge is 0.270 e. The average Bonchev–Trinajstić information content (AvgIpc) is 2.94. The summed E-state index contributed by atoms with van der Waals surface area (Å²) in [4.78, 5) is 15.6. The van der Waals surface area contributed by atoms with Crippen LogP contribution in [0.1, 0.15) is 10.5 Å². The van der Waals surface area contributed by atoms with Crippen LogP contribution in [0.15, 0.2) is 23.6 Å². The minimum Gasteiger partial charge on any atom is -0.493 e. The number of hydrogen-bond acceptors (Lipinski definition) is 6. The van der Waals surface area contributed by atoms with Crippen LogP contribution in [-0.2, 0) is 0 Å². The Morgan fingerprint density at radius 2 is 2.00 bits per heavy atom. The summed E-state index contributed by atoms with van der Waals surface area (Å²) in [6.07, 6.45) is 0. The summed E-state index contributed by atoms with van der Waals surface area (Å²) in [5, 5.41) is 7.99. The number of benzene rings is 1. The molecule has 2 rings (SSSR count). The van der Waals surface area contributed by atoms with Gasteiger partial charge in [0.2, 0.25) is 0 Å². The third kappa shape index (κ3) is 3.00. The SMILES string of the molecule is CNC(=O)c1csc(Nc2ccc(OC)c(OC)c2)n1. The fourth-order valence-electron chi connectivity index (χ4n) is 1.60.